The van der Waals surface area contributed by atoms with Crippen LogP contribution in [0, 0.1) is 5.92 Å². The Bertz CT molecular complexity index is 258. The van der Waals surface area contributed by atoms with Crippen molar-refractivity contribution in [2.45, 2.75) is 58.4 Å². The Kier molecular flexibility index (Phi) is 6.01. The van der Waals surface area contributed by atoms with Crippen molar-refractivity contribution in [3.05, 3.63) is 0 Å². The van der Waals surface area contributed by atoms with Gasteiger partial charge in [-0.15, -0.1) is 0 Å². The van der Waals surface area contributed by atoms with Gasteiger partial charge in [-0.1, -0.05) is 32.1 Å². The third kappa shape index (κ3) is 5.71. The highest BCUT2D eigenvalue weighted by Crippen LogP contribution is 2.25. The van der Waals surface area contributed by atoms with Crippen molar-refractivity contribution < 1.29 is 9.59 Å². The van der Waals surface area contributed by atoms with Crippen molar-refractivity contribution in [1.82, 2.24) is 10.6 Å². The molecule has 1 fully saturated rings. The predicted molar refractivity (Wildman–Crippen MR) is 67.5 cm³/mol. The monoisotopic (exact) mass is 240 g/mol. The van der Waals surface area contributed by atoms with Crippen LogP contribution in [0.3, 0.4) is 0 Å². The molecule has 0 aromatic heterocycles. The lowest BCUT2D eigenvalue weighted by Gasteiger charge is -2.21. The van der Waals surface area contributed by atoms with Gasteiger partial charge in [-0.25, -0.2) is 0 Å². The largest absolute Gasteiger partial charge is 0.348 e. The lowest BCUT2D eigenvalue weighted by Crippen LogP contribution is -2.43. The average molecular weight is 240 g/mol. The van der Waals surface area contributed by atoms with E-state index >= 15 is 0 Å². The molecule has 4 nitrogen and oxygen atoms in total. The number of hydrogen-bond donors (Lipinski definition) is 2. The first kappa shape index (κ1) is 14.0. The molecule has 0 aromatic rings. The molecule has 1 rings (SSSR count). The number of carbonyl (C=O) groups is 2. The molecule has 0 unspecified atom stereocenters. The number of amides is 2. The van der Waals surface area contributed by atoms with Crippen molar-refractivity contribution in [3.8, 4) is 0 Å². The molecule has 2 N–H and O–H groups in total. The molecule has 0 aliphatic heterocycles. The van der Waals surface area contributed by atoms with Crippen molar-refractivity contribution in [1.29, 1.82) is 0 Å². The van der Waals surface area contributed by atoms with E-state index in [1.807, 2.05) is 13.8 Å². The molecule has 0 radical (unpaired) electrons. The lowest BCUT2D eigenvalue weighted by molar-refractivity contribution is -0.139. The Hall–Kier alpha value is -1.06. The van der Waals surface area contributed by atoms with Crippen LogP contribution in [0.1, 0.15) is 52.4 Å². The van der Waals surface area contributed by atoms with Gasteiger partial charge in [0.15, 0.2) is 0 Å². The smallest absolute Gasteiger partial charge is 0.309 e. The summed E-state index contributed by atoms with van der Waals surface area (Å²) in [5.41, 5.74) is 0. The van der Waals surface area contributed by atoms with E-state index in [2.05, 4.69) is 10.6 Å². The Balaban J connectivity index is 2.12. The summed E-state index contributed by atoms with van der Waals surface area (Å²) in [6, 6.07) is 0.00611. The van der Waals surface area contributed by atoms with Gasteiger partial charge >= 0.3 is 11.8 Å². The molecule has 0 spiro atoms. The van der Waals surface area contributed by atoms with Gasteiger partial charge in [0.25, 0.3) is 0 Å². The van der Waals surface area contributed by atoms with E-state index in [-0.39, 0.29) is 6.04 Å². The summed E-state index contributed by atoms with van der Waals surface area (Å²) in [6.45, 7) is 4.30. The SMILES string of the molecule is CC(C)NC(=O)C(=O)NCCC1CCCCC1. The molecular formula is C13H24N2O2. The number of nitrogens with one attached hydrogen (secondary N) is 2. The maximum absolute atomic E-state index is 11.4. The maximum atomic E-state index is 11.4. The van der Waals surface area contributed by atoms with Crippen molar-refractivity contribution >= 4 is 11.8 Å². The van der Waals surface area contributed by atoms with Crippen LogP contribution in [-0.4, -0.2) is 24.4 Å². The van der Waals surface area contributed by atoms with E-state index in [1.54, 1.807) is 0 Å². The summed E-state index contributed by atoms with van der Waals surface area (Å²) in [7, 11) is 0. The van der Waals surface area contributed by atoms with Crippen LogP contribution in [0.4, 0.5) is 0 Å². The number of rotatable bonds is 4. The highest BCUT2D eigenvalue weighted by molar-refractivity contribution is 6.35. The van der Waals surface area contributed by atoms with Gasteiger partial charge in [0.1, 0.15) is 0 Å². The first-order valence-corrected chi connectivity index (χ1v) is 6.68. The van der Waals surface area contributed by atoms with E-state index < -0.39 is 11.8 Å². The van der Waals surface area contributed by atoms with Crippen molar-refractivity contribution in [2.75, 3.05) is 6.54 Å². The molecule has 0 aromatic carbocycles. The molecule has 98 valence electrons. The second kappa shape index (κ2) is 7.30. The highest BCUT2D eigenvalue weighted by atomic mass is 16.2. The third-order valence-corrected chi connectivity index (χ3v) is 3.19. The topological polar surface area (TPSA) is 58.2 Å². The minimum Gasteiger partial charge on any atom is -0.348 e. The zero-order chi connectivity index (χ0) is 12.7. The van der Waals surface area contributed by atoms with E-state index in [9.17, 15) is 9.59 Å². The molecule has 17 heavy (non-hydrogen) atoms. The molecule has 1 saturated carbocycles. The Morgan fingerprint density at radius 3 is 2.35 bits per heavy atom. The van der Waals surface area contributed by atoms with Gasteiger partial charge in [-0.05, 0) is 26.2 Å². The zero-order valence-electron chi connectivity index (χ0n) is 10.9. The summed E-state index contributed by atoms with van der Waals surface area (Å²) < 4.78 is 0. The van der Waals surface area contributed by atoms with Gasteiger partial charge in [-0.3, -0.25) is 9.59 Å². The van der Waals surface area contributed by atoms with Crippen molar-refractivity contribution in [3.63, 3.8) is 0 Å². The maximum Gasteiger partial charge on any atom is 0.309 e. The van der Waals surface area contributed by atoms with Gasteiger partial charge in [0.05, 0.1) is 0 Å². The molecule has 4 heteroatoms. The third-order valence-electron chi connectivity index (χ3n) is 3.19. The van der Waals surface area contributed by atoms with Crippen LogP contribution in [0.2, 0.25) is 0 Å². The van der Waals surface area contributed by atoms with Gasteiger partial charge in [0, 0.05) is 12.6 Å². The molecule has 2 amide bonds. The van der Waals surface area contributed by atoms with E-state index in [0.717, 1.165) is 12.3 Å². The summed E-state index contributed by atoms with van der Waals surface area (Å²) >= 11 is 0. The van der Waals surface area contributed by atoms with Crippen LogP contribution >= 0.6 is 0 Å². The number of hydrogen-bond acceptors (Lipinski definition) is 2. The average Bonchev–Trinajstić information content (AvgIpc) is 2.29. The molecule has 0 saturated heterocycles. The van der Waals surface area contributed by atoms with Crippen LogP contribution in [-0.2, 0) is 9.59 Å². The molecule has 1 aliphatic rings. The second-order valence-electron chi connectivity index (χ2n) is 5.18. The van der Waals surface area contributed by atoms with E-state index in [4.69, 9.17) is 0 Å². The Labute approximate surface area is 104 Å². The quantitative estimate of drug-likeness (QED) is 0.733. The minimum absolute atomic E-state index is 0.00611. The van der Waals surface area contributed by atoms with E-state index in [0.29, 0.717) is 6.54 Å². The van der Waals surface area contributed by atoms with Crippen LogP contribution < -0.4 is 10.6 Å². The Morgan fingerprint density at radius 1 is 1.12 bits per heavy atom. The standard InChI is InChI=1S/C13H24N2O2/c1-10(2)15-13(17)12(16)14-9-8-11-6-4-3-5-7-11/h10-11H,3-9H2,1-2H3,(H,14,16)(H,15,17). The zero-order valence-corrected chi connectivity index (χ0v) is 10.9. The first-order chi connectivity index (χ1) is 8.09. The number of carbonyl (C=O) groups excluding carboxylic acids is 2. The predicted octanol–water partition coefficient (Wildman–Crippen LogP) is 1.60. The molecular weight excluding hydrogens is 216 g/mol. The summed E-state index contributed by atoms with van der Waals surface area (Å²) in [5.74, 6) is -0.296. The van der Waals surface area contributed by atoms with Gasteiger partial charge in [-0.2, -0.15) is 0 Å². The van der Waals surface area contributed by atoms with Gasteiger partial charge in [0.2, 0.25) is 0 Å². The minimum atomic E-state index is -0.524. The highest BCUT2D eigenvalue weighted by Gasteiger charge is 2.16. The summed E-state index contributed by atoms with van der Waals surface area (Å²) in [5, 5.41) is 5.26. The molecule has 0 atom stereocenters. The fraction of sp³-hybridized carbons (Fsp3) is 0.846. The van der Waals surface area contributed by atoms with Crippen LogP contribution in [0.15, 0.2) is 0 Å². The summed E-state index contributed by atoms with van der Waals surface area (Å²) in [4.78, 5) is 22.7. The van der Waals surface area contributed by atoms with Crippen molar-refractivity contribution in [2.24, 2.45) is 5.92 Å². The van der Waals surface area contributed by atoms with Crippen LogP contribution in [0.25, 0.3) is 0 Å². The lowest BCUT2D eigenvalue weighted by atomic mass is 9.87. The summed E-state index contributed by atoms with van der Waals surface area (Å²) in [6.07, 6.45) is 7.52. The fourth-order valence-electron chi connectivity index (χ4n) is 2.27. The van der Waals surface area contributed by atoms with Crippen LogP contribution in [0.5, 0.6) is 0 Å². The first-order valence-electron chi connectivity index (χ1n) is 6.68. The fourth-order valence-corrected chi connectivity index (χ4v) is 2.27. The normalized spacial score (nSPS) is 16.9. The van der Waals surface area contributed by atoms with Gasteiger partial charge < -0.3 is 10.6 Å². The molecule has 1 aliphatic carbocycles. The van der Waals surface area contributed by atoms with E-state index in [1.165, 1.54) is 32.1 Å². The Morgan fingerprint density at radius 2 is 1.76 bits per heavy atom. The molecule has 0 bridgehead atoms. The molecule has 0 heterocycles. The second-order valence-corrected chi connectivity index (χ2v) is 5.18.